The number of benzene rings is 3. The van der Waals surface area contributed by atoms with Crippen molar-refractivity contribution in [3.05, 3.63) is 72.3 Å². The Morgan fingerprint density at radius 2 is 1.57 bits per heavy atom. The van der Waals surface area contributed by atoms with Gasteiger partial charge in [0.15, 0.2) is 15.6 Å². The average Bonchev–Trinajstić information content (AvgIpc) is 2.72. The molecular weight excluding hydrogens is 400 g/mol. The predicted molar refractivity (Wildman–Crippen MR) is 120 cm³/mol. The van der Waals surface area contributed by atoms with Crippen LogP contribution in [0.1, 0.15) is 29.6 Å². The Morgan fingerprint density at radius 1 is 0.867 bits per heavy atom. The SMILES string of the molecule is Nc1ccccc1NC(=O)CCCCS(=O)(=O)CC(=O)c1ccc2ccccc2c1. The van der Waals surface area contributed by atoms with Crippen molar-refractivity contribution in [1.82, 2.24) is 0 Å². The van der Waals surface area contributed by atoms with Crippen molar-refractivity contribution in [2.45, 2.75) is 19.3 Å². The fourth-order valence-corrected chi connectivity index (χ4v) is 4.50. The molecule has 0 bridgehead atoms. The second-order valence-corrected chi connectivity index (χ2v) is 9.35. The summed E-state index contributed by atoms with van der Waals surface area (Å²) in [6.07, 6.45) is 0.898. The summed E-state index contributed by atoms with van der Waals surface area (Å²) in [7, 11) is -3.55. The van der Waals surface area contributed by atoms with Crippen LogP contribution in [-0.4, -0.2) is 31.6 Å². The fourth-order valence-electron chi connectivity index (χ4n) is 3.15. The van der Waals surface area contributed by atoms with E-state index in [1.54, 1.807) is 36.4 Å². The van der Waals surface area contributed by atoms with Crippen LogP contribution in [0.15, 0.2) is 66.7 Å². The summed E-state index contributed by atoms with van der Waals surface area (Å²) >= 11 is 0. The van der Waals surface area contributed by atoms with Crippen molar-refractivity contribution >= 4 is 43.7 Å². The molecule has 156 valence electrons. The van der Waals surface area contributed by atoms with E-state index in [0.29, 0.717) is 29.8 Å². The number of ketones is 1. The van der Waals surface area contributed by atoms with Crippen molar-refractivity contribution in [1.29, 1.82) is 0 Å². The molecule has 6 nitrogen and oxygen atoms in total. The zero-order valence-corrected chi connectivity index (χ0v) is 17.3. The van der Waals surface area contributed by atoms with E-state index in [0.717, 1.165) is 10.8 Å². The van der Waals surface area contributed by atoms with E-state index in [9.17, 15) is 18.0 Å². The number of nitrogens with one attached hydrogen (secondary N) is 1. The number of Topliss-reactive ketones (excluding diaryl/α,β-unsaturated/α-hetero) is 1. The minimum Gasteiger partial charge on any atom is -0.397 e. The van der Waals surface area contributed by atoms with E-state index >= 15 is 0 Å². The van der Waals surface area contributed by atoms with E-state index in [1.807, 2.05) is 30.3 Å². The summed E-state index contributed by atoms with van der Waals surface area (Å²) in [5, 5.41) is 4.60. The molecule has 0 aliphatic rings. The number of unbranched alkanes of at least 4 members (excludes halogenated alkanes) is 1. The summed E-state index contributed by atoms with van der Waals surface area (Å²) < 4.78 is 24.6. The molecule has 0 saturated carbocycles. The number of nitrogen functional groups attached to an aromatic ring is 1. The minimum absolute atomic E-state index is 0.132. The van der Waals surface area contributed by atoms with Crippen molar-refractivity contribution < 1.29 is 18.0 Å². The third-order valence-electron chi connectivity index (χ3n) is 4.77. The standard InChI is InChI=1S/C23H24N2O4S/c24-20-9-3-4-10-21(20)25-23(27)11-5-6-14-30(28,29)16-22(26)19-13-12-17-7-1-2-8-18(17)15-19/h1-4,7-10,12-13,15H,5-6,11,14,16,24H2,(H,25,27). The lowest BCUT2D eigenvalue weighted by molar-refractivity contribution is -0.116. The van der Waals surface area contributed by atoms with Crippen LogP contribution in [0.4, 0.5) is 11.4 Å². The van der Waals surface area contributed by atoms with Crippen LogP contribution < -0.4 is 11.1 Å². The summed E-state index contributed by atoms with van der Waals surface area (Å²) in [4.78, 5) is 24.4. The highest BCUT2D eigenvalue weighted by Crippen LogP contribution is 2.18. The van der Waals surface area contributed by atoms with Crippen LogP contribution in [0.2, 0.25) is 0 Å². The molecule has 0 unspecified atom stereocenters. The second kappa shape index (κ2) is 9.54. The summed E-state index contributed by atoms with van der Waals surface area (Å²) in [6.45, 7) is 0. The van der Waals surface area contributed by atoms with Gasteiger partial charge in [0.2, 0.25) is 5.91 Å². The first kappa shape index (κ1) is 21.5. The molecule has 0 fully saturated rings. The molecule has 3 rings (SSSR count). The highest BCUT2D eigenvalue weighted by molar-refractivity contribution is 7.92. The third kappa shape index (κ3) is 5.90. The average molecular weight is 425 g/mol. The Balaban J connectivity index is 1.47. The quantitative estimate of drug-likeness (QED) is 0.308. The monoisotopic (exact) mass is 424 g/mol. The van der Waals surface area contributed by atoms with Gasteiger partial charge in [0.25, 0.3) is 0 Å². The van der Waals surface area contributed by atoms with Crippen molar-refractivity contribution in [3.8, 4) is 0 Å². The summed E-state index contributed by atoms with van der Waals surface area (Å²) in [6, 6.07) is 19.7. The first-order valence-corrected chi connectivity index (χ1v) is 11.5. The van der Waals surface area contributed by atoms with E-state index in [-0.39, 0.29) is 18.1 Å². The molecule has 0 aliphatic heterocycles. The Bertz CT molecular complexity index is 1170. The molecule has 0 heterocycles. The lowest BCUT2D eigenvalue weighted by atomic mass is 10.1. The maximum atomic E-state index is 12.4. The Hall–Kier alpha value is -3.19. The maximum absolute atomic E-state index is 12.4. The van der Waals surface area contributed by atoms with Crippen LogP contribution >= 0.6 is 0 Å². The number of amides is 1. The molecule has 0 atom stereocenters. The molecule has 3 N–H and O–H groups in total. The largest absolute Gasteiger partial charge is 0.397 e. The van der Waals surface area contributed by atoms with Crippen LogP contribution in [0, 0.1) is 0 Å². The number of para-hydroxylation sites is 2. The molecule has 7 heteroatoms. The van der Waals surface area contributed by atoms with E-state index in [1.165, 1.54) is 0 Å². The van der Waals surface area contributed by atoms with E-state index < -0.39 is 21.4 Å². The minimum atomic E-state index is -3.55. The van der Waals surface area contributed by atoms with Gasteiger partial charge in [0, 0.05) is 12.0 Å². The number of sulfone groups is 1. The molecule has 0 aliphatic carbocycles. The fraction of sp³-hybridized carbons (Fsp3) is 0.217. The van der Waals surface area contributed by atoms with Crippen LogP contribution in [0.3, 0.4) is 0 Å². The van der Waals surface area contributed by atoms with E-state index in [2.05, 4.69) is 5.32 Å². The van der Waals surface area contributed by atoms with Crippen molar-refractivity contribution in [2.75, 3.05) is 22.6 Å². The first-order chi connectivity index (χ1) is 14.3. The molecule has 3 aromatic carbocycles. The number of rotatable bonds is 9. The Kier molecular flexibility index (Phi) is 6.84. The number of fused-ring (bicyclic) bond motifs is 1. The highest BCUT2D eigenvalue weighted by atomic mass is 32.2. The Morgan fingerprint density at radius 3 is 2.33 bits per heavy atom. The van der Waals surface area contributed by atoms with Crippen molar-refractivity contribution in [2.24, 2.45) is 0 Å². The summed E-state index contributed by atoms with van der Waals surface area (Å²) in [5.74, 6) is -1.30. The topological polar surface area (TPSA) is 106 Å². The van der Waals surface area contributed by atoms with Crippen LogP contribution in [0.5, 0.6) is 0 Å². The van der Waals surface area contributed by atoms with Gasteiger partial charge in [-0.25, -0.2) is 8.42 Å². The number of hydrogen-bond donors (Lipinski definition) is 2. The molecular formula is C23H24N2O4S. The second-order valence-electron chi connectivity index (χ2n) is 7.17. The normalized spacial score (nSPS) is 11.3. The van der Waals surface area contributed by atoms with Gasteiger partial charge >= 0.3 is 0 Å². The third-order valence-corrected chi connectivity index (χ3v) is 6.38. The smallest absolute Gasteiger partial charge is 0.224 e. The number of carbonyl (C=O) groups excluding carboxylic acids is 2. The van der Waals surface area contributed by atoms with Crippen LogP contribution in [-0.2, 0) is 14.6 Å². The molecule has 0 saturated heterocycles. The van der Waals surface area contributed by atoms with Gasteiger partial charge in [-0.05, 0) is 41.8 Å². The molecule has 0 radical (unpaired) electrons. The Labute approximate surface area is 176 Å². The van der Waals surface area contributed by atoms with Gasteiger partial charge in [-0.3, -0.25) is 9.59 Å². The lowest BCUT2D eigenvalue weighted by Gasteiger charge is -2.08. The molecule has 1 amide bonds. The highest BCUT2D eigenvalue weighted by Gasteiger charge is 2.18. The van der Waals surface area contributed by atoms with Gasteiger partial charge in [-0.2, -0.15) is 0 Å². The molecule has 0 spiro atoms. The number of hydrogen-bond acceptors (Lipinski definition) is 5. The van der Waals surface area contributed by atoms with Crippen LogP contribution in [0.25, 0.3) is 10.8 Å². The number of nitrogens with two attached hydrogens (primary N) is 1. The first-order valence-electron chi connectivity index (χ1n) is 9.71. The van der Waals surface area contributed by atoms with Gasteiger partial charge in [-0.1, -0.05) is 48.5 Å². The number of anilines is 2. The molecule has 3 aromatic rings. The van der Waals surface area contributed by atoms with Gasteiger partial charge in [0.1, 0.15) is 5.75 Å². The molecule has 0 aromatic heterocycles. The predicted octanol–water partition coefficient (Wildman–Crippen LogP) is 3.83. The van der Waals surface area contributed by atoms with Gasteiger partial charge in [-0.15, -0.1) is 0 Å². The zero-order chi connectivity index (χ0) is 21.6. The lowest BCUT2D eigenvalue weighted by Crippen LogP contribution is -2.19. The van der Waals surface area contributed by atoms with E-state index in [4.69, 9.17) is 5.73 Å². The van der Waals surface area contributed by atoms with Gasteiger partial charge < -0.3 is 11.1 Å². The summed E-state index contributed by atoms with van der Waals surface area (Å²) in [5.41, 5.74) is 7.18. The maximum Gasteiger partial charge on any atom is 0.224 e. The van der Waals surface area contributed by atoms with Gasteiger partial charge in [0.05, 0.1) is 17.1 Å². The number of carbonyl (C=O) groups is 2. The molecule has 30 heavy (non-hydrogen) atoms. The zero-order valence-electron chi connectivity index (χ0n) is 16.5. The van der Waals surface area contributed by atoms with Crippen molar-refractivity contribution in [3.63, 3.8) is 0 Å².